The molecule has 0 aromatic rings. The molecular formula is C33H32. The Morgan fingerprint density at radius 1 is 0.364 bits per heavy atom. The molecule has 18 aliphatic rings. The smallest absolute Gasteiger partial charge is 0.00936 e. The summed E-state index contributed by atoms with van der Waals surface area (Å²) in [4.78, 5) is 0. The van der Waals surface area contributed by atoms with Crippen molar-refractivity contribution in [2.45, 2.75) is 39.5 Å². The molecule has 18 fully saturated rings. The second-order valence-corrected chi connectivity index (χ2v) is 19.7. The lowest BCUT2D eigenvalue weighted by molar-refractivity contribution is -0.746. The SMILES string of the molecule is CC12C3C4CC5CC(C6C7C8C9C%10C%11CC%12CC%13C%14C%15C%16C%17C%18C3C61C%187C%178C%16(C)C%159C%14%10C%12%13%11)C542. The highest BCUT2D eigenvalue weighted by Gasteiger charge is 3.30. The van der Waals surface area contributed by atoms with E-state index in [1.807, 2.05) is 0 Å². The summed E-state index contributed by atoms with van der Waals surface area (Å²) in [5.41, 5.74) is 8.87. The Labute approximate surface area is 194 Å². The molecule has 0 nitrogen and oxygen atoms in total. The zero-order valence-electron chi connectivity index (χ0n) is 19.7. The highest BCUT2D eigenvalue weighted by molar-refractivity contribution is 5.75. The van der Waals surface area contributed by atoms with Crippen molar-refractivity contribution in [3.8, 4) is 0 Å². The highest BCUT2D eigenvalue weighted by atomic mass is 15.3. The van der Waals surface area contributed by atoms with Crippen molar-refractivity contribution in [3.05, 3.63) is 0 Å². The quantitative estimate of drug-likeness (QED) is 0.520. The predicted octanol–water partition coefficient (Wildman–Crippen LogP) is 4.80. The van der Waals surface area contributed by atoms with E-state index in [4.69, 9.17) is 0 Å². The summed E-state index contributed by atoms with van der Waals surface area (Å²) in [7, 11) is 0. The fourth-order valence-electron chi connectivity index (χ4n) is 27.8. The van der Waals surface area contributed by atoms with E-state index in [0.29, 0.717) is 0 Å². The van der Waals surface area contributed by atoms with Crippen molar-refractivity contribution >= 4 is 0 Å². The molecule has 18 rings (SSSR count). The van der Waals surface area contributed by atoms with Gasteiger partial charge < -0.3 is 0 Å². The third-order valence-electron chi connectivity index (χ3n) is 24.4. The zero-order chi connectivity index (χ0) is 19.7. The molecule has 27 unspecified atom stereocenters. The molecule has 0 aliphatic heterocycles. The number of fused-ring (bicyclic) bond motifs is 14. The fraction of sp³-hybridized carbons (Fsp3) is 1.00. The summed E-state index contributed by atoms with van der Waals surface area (Å²) in [5.74, 6) is 23.4. The van der Waals surface area contributed by atoms with Crippen LogP contribution in [-0.4, -0.2) is 0 Å². The molecule has 18 saturated carbocycles. The third kappa shape index (κ3) is 0.454. The average Bonchev–Trinajstić information content (AvgIpc) is 2.94. The largest absolute Gasteiger partial charge is 0.0582 e. The van der Waals surface area contributed by atoms with Crippen molar-refractivity contribution in [2.24, 2.45) is 155 Å². The summed E-state index contributed by atoms with van der Waals surface area (Å²) in [6, 6.07) is 0. The second-order valence-electron chi connectivity index (χ2n) is 19.7. The van der Waals surface area contributed by atoms with E-state index in [9.17, 15) is 0 Å². The Morgan fingerprint density at radius 3 is 1.52 bits per heavy atom. The van der Waals surface area contributed by atoms with Gasteiger partial charge in [-0.15, -0.1) is 0 Å². The van der Waals surface area contributed by atoms with E-state index in [2.05, 4.69) is 13.8 Å². The van der Waals surface area contributed by atoms with Gasteiger partial charge in [-0.2, -0.15) is 0 Å². The van der Waals surface area contributed by atoms with Gasteiger partial charge in [-0.1, -0.05) is 13.8 Å². The maximum atomic E-state index is 3.07. The Kier molecular flexibility index (Phi) is 1.00. The molecule has 0 heteroatoms. The summed E-state index contributed by atoms with van der Waals surface area (Å²) in [6.45, 7) is 6.05. The first kappa shape index (κ1) is 13.5. The van der Waals surface area contributed by atoms with E-state index in [-0.39, 0.29) is 0 Å². The Morgan fingerprint density at radius 2 is 0.788 bits per heavy atom. The van der Waals surface area contributed by atoms with Crippen LogP contribution >= 0.6 is 0 Å². The van der Waals surface area contributed by atoms with Crippen molar-refractivity contribution in [1.29, 1.82) is 0 Å². The van der Waals surface area contributed by atoms with Gasteiger partial charge >= 0.3 is 0 Å². The van der Waals surface area contributed by atoms with Crippen molar-refractivity contribution in [2.75, 3.05) is 0 Å². The standard InChI is InChI=1S/C33H32/c1-25-13-9-3-7-4-10(27(7,9)25)14-21-23-20-16-12-6-8-5-11-15-19-17-22-24-18(13)29(14,25)33(21,24)31(22,23)26(17,2)30(19,20)32(15,16)28(8,11)12/h7-24H,3-6H2,1-2H3. The van der Waals surface area contributed by atoms with E-state index in [0.717, 1.165) is 48.7 Å². The van der Waals surface area contributed by atoms with Gasteiger partial charge in [0.15, 0.2) is 0 Å². The molecule has 0 heterocycles. The van der Waals surface area contributed by atoms with Crippen molar-refractivity contribution < 1.29 is 0 Å². The topological polar surface area (TPSA) is 0 Å². The van der Waals surface area contributed by atoms with Crippen LogP contribution in [0.15, 0.2) is 0 Å². The van der Waals surface area contributed by atoms with Crippen LogP contribution in [-0.2, 0) is 0 Å². The molecule has 0 aromatic carbocycles. The molecule has 164 valence electrons. The number of hydrogen-bond donors (Lipinski definition) is 0. The molecule has 0 saturated heterocycles. The molecule has 27 atom stereocenters. The number of hydrogen-bond acceptors (Lipinski definition) is 0. The van der Waals surface area contributed by atoms with E-state index < -0.39 is 0 Å². The van der Waals surface area contributed by atoms with Crippen LogP contribution < -0.4 is 0 Å². The Hall–Kier alpha value is 0. The van der Waals surface area contributed by atoms with Gasteiger partial charge in [-0.05, 0) is 181 Å². The molecule has 0 amide bonds. The van der Waals surface area contributed by atoms with Gasteiger partial charge in [0.1, 0.15) is 0 Å². The molecule has 0 aromatic heterocycles. The summed E-state index contributed by atoms with van der Waals surface area (Å²) in [5, 5.41) is 0. The minimum atomic E-state index is 0.908. The van der Waals surface area contributed by atoms with Gasteiger partial charge in [0.05, 0.1) is 0 Å². The zero-order valence-corrected chi connectivity index (χ0v) is 19.7. The van der Waals surface area contributed by atoms with Gasteiger partial charge in [0, 0.05) is 0 Å². The molecular weight excluding hydrogens is 396 g/mol. The molecule has 18 aliphatic carbocycles. The van der Waals surface area contributed by atoms with Gasteiger partial charge in [-0.3, -0.25) is 0 Å². The third-order valence-corrected chi connectivity index (χ3v) is 24.4. The Balaban J connectivity index is 0.988. The first-order valence-electron chi connectivity index (χ1n) is 16.1. The Bertz CT molecular complexity index is 1520. The molecule has 33 heavy (non-hydrogen) atoms. The van der Waals surface area contributed by atoms with Gasteiger partial charge in [0.2, 0.25) is 0 Å². The normalized spacial score (nSPS) is 114. The minimum Gasteiger partial charge on any atom is -0.0582 e. The van der Waals surface area contributed by atoms with E-state index in [1.165, 1.54) is 107 Å². The van der Waals surface area contributed by atoms with E-state index >= 15 is 0 Å². The van der Waals surface area contributed by atoms with Crippen LogP contribution in [0.5, 0.6) is 0 Å². The lowest BCUT2D eigenvalue weighted by atomic mass is 8.83. The lowest BCUT2D eigenvalue weighted by Gasteiger charge is -3.20. The van der Waals surface area contributed by atoms with E-state index in [1.54, 1.807) is 25.7 Å². The van der Waals surface area contributed by atoms with Gasteiger partial charge in [0.25, 0.3) is 0 Å². The molecule has 0 N–H and O–H groups in total. The number of rotatable bonds is 0. The first-order valence-corrected chi connectivity index (χ1v) is 16.1. The first-order chi connectivity index (χ1) is 16.1. The minimum absolute atomic E-state index is 0.908. The summed E-state index contributed by atoms with van der Waals surface area (Å²) >= 11 is 0. The second kappa shape index (κ2) is 2.45. The predicted molar refractivity (Wildman–Crippen MR) is 115 cm³/mol. The summed E-state index contributed by atoms with van der Waals surface area (Å²) < 4.78 is 0. The monoisotopic (exact) mass is 428 g/mol. The summed E-state index contributed by atoms with van der Waals surface area (Å²) in [6.07, 6.45) is 6.92. The maximum Gasteiger partial charge on any atom is -0.00936 e. The maximum absolute atomic E-state index is 3.07. The van der Waals surface area contributed by atoms with Gasteiger partial charge in [-0.25, -0.2) is 0 Å². The van der Waals surface area contributed by atoms with Crippen LogP contribution in [0, 0.1) is 155 Å². The van der Waals surface area contributed by atoms with Crippen LogP contribution in [0.2, 0.25) is 0 Å². The van der Waals surface area contributed by atoms with Crippen molar-refractivity contribution in [1.82, 2.24) is 0 Å². The molecule has 0 radical (unpaired) electrons. The van der Waals surface area contributed by atoms with Crippen LogP contribution in [0.3, 0.4) is 0 Å². The molecule has 7 spiro atoms. The molecule has 0 bridgehead atoms. The average molecular weight is 429 g/mol. The van der Waals surface area contributed by atoms with Crippen LogP contribution in [0.25, 0.3) is 0 Å². The van der Waals surface area contributed by atoms with Crippen molar-refractivity contribution in [3.63, 3.8) is 0 Å². The van der Waals surface area contributed by atoms with Crippen LogP contribution in [0.1, 0.15) is 39.5 Å². The lowest BCUT2D eigenvalue weighted by Crippen LogP contribution is -3.18. The highest BCUT2D eigenvalue weighted by Crippen LogP contribution is 3.32. The fourth-order valence-corrected chi connectivity index (χ4v) is 27.8. The van der Waals surface area contributed by atoms with Crippen LogP contribution in [0.4, 0.5) is 0 Å².